The molecule has 0 radical (unpaired) electrons. The molecule has 108 valence electrons. The van der Waals surface area contributed by atoms with E-state index in [1.54, 1.807) is 25.1 Å². The minimum Gasteiger partial charge on any atom is -0.355 e. The van der Waals surface area contributed by atoms with Gasteiger partial charge < -0.3 is 16.0 Å². The molecule has 3 amide bonds. The first-order valence-corrected chi connectivity index (χ1v) is 6.37. The van der Waals surface area contributed by atoms with E-state index in [0.29, 0.717) is 10.7 Å². The lowest BCUT2D eigenvalue weighted by Crippen LogP contribution is -2.39. The molecule has 0 fully saturated rings. The number of hydrogen-bond acceptors (Lipinski definition) is 3. The first-order valence-electron chi connectivity index (χ1n) is 6.00. The Morgan fingerprint density at radius 1 is 1.10 bits per heavy atom. The monoisotopic (exact) mass is 297 g/mol. The molecule has 0 unspecified atom stereocenters. The number of rotatable bonds is 4. The fourth-order valence-electron chi connectivity index (χ4n) is 1.44. The zero-order chi connectivity index (χ0) is 15.1. The minimum absolute atomic E-state index is 0.186. The van der Waals surface area contributed by atoms with Gasteiger partial charge >= 0.3 is 11.8 Å². The molecule has 1 rings (SSSR count). The highest BCUT2D eigenvalue weighted by atomic mass is 35.5. The van der Waals surface area contributed by atoms with Crippen LogP contribution in [0.15, 0.2) is 18.2 Å². The molecule has 0 bridgehead atoms. The van der Waals surface area contributed by atoms with Crippen molar-refractivity contribution in [2.24, 2.45) is 0 Å². The Bertz CT molecular complexity index is 532. The molecule has 0 heterocycles. The maximum absolute atomic E-state index is 11.6. The number of carbonyl (C=O) groups excluding carboxylic acids is 3. The van der Waals surface area contributed by atoms with E-state index in [4.69, 9.17) is 11.6 Å². The molecule has 0 saturated heterocycles. The second kappa shape index (κ2) is 7.49. The molecule has 1 aromatic carbocycles. The van der Waals surface area contributed by atoms with Gasteiger partial charge in [0, 0.05) is 30.7 Å². The Morgan fingerprint density at radius 2 is 1.75 bits per heavy atom. The Morgan fingerprint density at radius 3 is 2.35 bits per heavy atom. The molecular weight excluding hydrogens is 282 g/mol. The maximum atomic E-state index is 11.6. The van der Waals surface area contributed by atoms with Gasteiger partial charge in [0.2, 0.25) is 5.91 Å². The van der Waals surface area contributed by atoms with Gasteiger partial charge in [-0.1, -0.05) is 11.6 Å². The molecule has 0 aliphatic rings. The van der Waals surface area contributed by atoms with Gasteiger partial charge in [-0.05, 0) is 30.7 Å². The topological polar surface area (TPSA) is 87.3 Å². The van der Waals surface area contributed by atoms with Gasteiger partial charge in [0.15, 0.2) is 0 Å². The van der Waals surface area contributed by atoms with E-state index in [0.717, 1.165) is 5.56 Å². The third-order valence-corrected chi connectivity index (χ3v) is 2.66. The number of aryl methyl sites for hydroxylation is 1. The number of amides is 3. The van der Waals surface area contributed by atoms with E-state index < -0.39 is 11.8 Å². The average molecular weight is 298 g/mol. The molecule has 6 nitrogen and oxygen atoms in total. The second-order valence-corrected chi connectivity index (χ2v) is 4.59. The molecule has 1 aromatic rings. The summed E-state index contributed by atoms with van der Waals surface area (Å²) in [5.41, 5.74) is 1.29. The Labute approximate surface area is 121 Å². The van der Waals surface area contributed by atoms with Crippen molar-refractivity contribution in [3.8, 4) is 0 Å². The first kappa shape index (κ1) is 16.0. The van der Waals surface area contributed by atoms with Crippen LogP contribution in [-0.4, -0.2) is 30.8 Å². The van der Waals surface area contributed by atoms with Crippen molar-refractivity contribution in [1.29, 1.82) is 0 Å². The number of benzene rings is 1. The van der Waals surface area contributed by atoms with E-state index in [9.17, 15) is 14.4 Å². The highest BCUT2D eigenvalue weighted by molar-refractivity contribution is 6.39. The van der Waals surface area contributed by atoms with Crippen LogP contribution in [0.2, 0.25) is 5.02 Å². The molecule has 3 N–H and O–H groups in total. The SMILES string of the molecule is CC(=O)NCCNC(=O)C(=O)Nc1ccc(Cl)cc1C. The van der Waals surface area contributed by atoms with Crippen LogP contribution < -0.4 is 16.0 Å². The fraction of sp³-hybridized carbons (Fsp3) is 0.308. The van der Waals surface area contributed by atoms with Crippen LogP contribution in [0.5, 0.6) is 0 Å². The highest BCUT2D eigenvalue weighted by Crippen LogP contribution is 2.19. The van der Waals surface area contributed by atoms with Crippen molar-refractivity contribution in [3.63, 3.8) is 0 Å². The smallest absolute Gasteiger partial charge is 0.313 e. The lowest BCUT2D eigenvalue weighted by molar-refractivity contribution is -0.136. The summed E-state index contributed by atoms with van der Waals surface area (Å²) in [5.74, 6) is -1.72. The van der Waals surface area contributed by atoms with Crippen molar-refractivity contribution in [2.45, 2.75) is 13.8 Å². The molecule has 0 aromatic heterocycles. The van der Waals surface area contributed by atoms with E-state index in [1.165, 1.54) is 6.92 Å². The highest BCUT2D eigenvalue weighted by Gasteiger charge is 2.14. The van der Waals surface area contributed by atoms with Crippen molar-refractivity contribution < 1.29 is 14.4 Å². The second-order valence-electron chi connectivity index (χ2n) is 4.15. The standard InChI is InChI=1S/C13H16ClN3O3/c1-8-7-10(14)3-4-11(8)17-13(20)12(19)16-6-5-15-9(2)18/h3-4,7H,5-6H2,1-2H3,(H,15,18)(H,16,19)(H,17,20). The number of halogens is 1. The molecular formula is C13H16ClN3O3. The summed E-state index contributed by atoms with van der Waals surface area (Å²) in [6, 6.07) is 4.94. The normalized spacial score (nSPS) is 9.75. The summed E-state index contributed by atoms with van der Waals surface area (Å²) >= 11 is 5.80. The average Bonchev–Trinajstić information content (AvgIpc) is 2.37. The number of carbonyl (C=O) groups is 3. The molecule has 0 saturated carbocycles. The van der Waals surface area contributed by atoms with Crippen molar-refractivity contribution >= 4 is 35.0 Å². The van der Waals surface area contributed by atoms with Crippen molar-refractivity contribution in [3.05, 3.63) is 28.8 Å². The summed E-state index contributed by atoms with van der Waals surface area (Å²) in [5, 5.41) is 7.95. The summed E-state index contributed by atoms with van der Waals surface area (Å²) in [6.45, 7) is 3.60. The predicted molar refractivity (Wildman–Crippen MR) is 76.5 cm³/mol. The van der Waals surface area contributed by atoms with Crippen LogP contribution in [0.1, 0.15) is 12.5 Å². The van der Waals surface area contributed by atoms with Gasteiger partial charge in [-0.15, -0.1) is 0 Å². The van der Waals surface area contributed by atoms with Crippen LogP contribution >= 0.6 is 11.6 Å². The number of hydrogen-bond donors (Lipinski definition) is 3. The van der Waals surface area contributed by atoms with Crippen LogP contribution in [0.4, 0.5) is 5.69 Å². The minimum atomic E-state index is -0.766. The van der Waals surface area contributed by atoms with E-state index >= 15 is 0 Å². The van der Waals surface area contributed by atoms with E-state index in [1.807, 2.05) is 0 Å². The molecule has 20 heavy (non-hydrogen) atoms. The van der Waals surface area contributed by atoms with E-state index in [-0.39, 0.29) is 19.0 Å². The van der Waals surface area contributed by atoms with Crippen LogP contribution in [-0.2, 0) is 14.4 Å². The first-order chi connectivity index (χ1) is 9.40. The van der Waals surface area contributed by atoms with Crippen LogP contribution in [0, 0.1) is 6.92 Å². The zero-order valence-electron chi connectivity index (χ0n) is 11.2. The van der Waals surface area contributed by atoms with E-state index in [2.05, 4.69) is 16.0 Å². The molecule has 7 heteroatoms. The Hall–Kier alpha value is -2.08. The summed E-state index contributed by atoms with van der Waals surface area (Å²) in [7, 11) is 0. The van der Waals surface area contributed by atoms with Gasteiger partial charge in [0.05, 0.1) is 0 Å². The van der Waals surface area contributed by atoms with Gasteiger partial charge in [-0.3, -0.25) is 14.4 Å². The molecule has 0 aliphatic heterocycles. The molecule has 0 atom stereocenters. The number of anilines is 1. The summed E-state index contributed by atoms with van der Waals surface area (Å²) in [4.78, 5) is 33.8. The van der Waals surface area contributed by atoms with Gasteiger partial charge in [0.1, 0.15) is 0 Å². The van der Waals surface area contributed by atoms with Crippen molar-refractivity contribution in [2.75, 3.05) is 18.4 Å². The third kappa shape index (κ3) is 5.27. The third-order valence-electron chi connectivity index (χ3n) is 2.43. The van der Waals surface area contributed by atoms with Gasteiger partial charge in [0.25, 0.3) is 0 Å². The van der Waals surface area contributed by atoms with Gasteiger partial charge in [-0.2, -0.15) is 0 Å². The number of nitrogens with one attached hydrogen (secondary N) is 3. The fourth-order valence-corrected chi connectivity index (χ4v) is 1.67. The largest absolute Gasteiger partial charge is 0.355 e. The Balaban J connectivity index is 2.45. The maximum Gasteiger partial charge on any atom is 0.313 e. The summed E-state index contributed by atoms with van der Waals surface area (Å²) < 4.78 is 0. The lowest BCUT2D eigenvalue weighted by Gasteiger charge is -2.09. The van der Waals surface area contributed by atoms with Crippen LogP contribution in [0.25, 0.3) is 0 Å². The van der Waals surface area contributed by atoms with Gasteiger partial charge in [-0.25, -0.2) is 0 Å². The van der Waals surface area contributed by atoms with Crippen LogP contribution in [0.3, 0.4) is 0 Å². The zero-order valence-corrected chi connectivity index (χ0v) is 12.0. The lowest BCUT2D eigenvalue weighted by atomic mass is 10.2. The molecule has 0 aliphatic carbocycles. The Kier molecular flexibility index (Phi) is 5.99. The van der Waals surface area contributed by atoms with Crippen molar-refractivity contribution in [1.82, 2.24) is 10.6 Å². The predicted octanol–water partition coefficient (Wildman–Crippen LogP) is 0.839. The summed E-state index contributed by atoms with van der Waals surface area (Å²) in [6.07, 6.45) is 0. The quantitative estimate of drug-likeness (QED) is 0.568. The molecule has 0 spiro atoms.